The molecule has 0 aliphatic heterocycles. The molecule has 1 heterocycles. The maximum atomic E-state index is 12.0. The van der Waals surface area contributed by atoms with Crippen molar-refractivity contribution in [3.63, 3.8) is 0 Å². The molecule has 4 heteroatoms. The van der Waals surface area contributed by atoms with Gasteiger partial charge in [-0.2, -0.15) is 0 Å². The first-order valence-corrected chi connectivity index (χ1v) is 9.00. The van der Waals surface area contributed by atoms with Crippen LogP contribution in [0.5, 0.6) is 0 Å². The Morgan fingerprint density at radius 2 is 1.81 bits per heavy atom. The van der Waals surface area contributed by atoms with Gasteiger partial charge in [0.25, 0.3) is 5.91 Å². The topological polar surface area (TPSA) is 46.9 Å². The van der Waals surface area contributed by atoms with Gasteiger partial charge in [0.1, 0.15) is 5.82 Å². The molecule has 0 atom stereocenters. The van der Waals surface area contributed by atoms with Crippen molar-refractivity contribution < 1.29 is 4.79 Å². The van der Waals surface area contributed by atoms with Crippen molar-refractivity contribution in [3.05, 3.63) is 66.0 Å². The maximum absolute atomic E-state index is 12.0. The highest BCUT2D eigenvalue weighted by Gasteiger charge is 2.09. The van der Waals surface area contributed by atoms with Gasteiger partial charge in [-0.15, -0.1) is 6.42 Å². The van der Waals surface area contributed by atoms with Gasteiger partial charge in [0.05, 0.1) is 17.6 Å². The third kappa shape index (κ3) is 4.31. The van der Waals surface area contributed by atoms with Crippen LogP contribution in [0, 0.1) is 12.3 Å². The molecule has 0 saturated heterocycles. The van der Waals surface area contributed by atoms with Crippen molar-refractivity contribution >= 4 is 16.9 Å². The van der Waals surface area contributed by atoms with E-state index < -0.39 is 0 Å². The summed E-state index contributed by atoms with van der Waals surface area (Å²) in [5.74, 6) is 3.74. The lowest BCUT2D eigenvalue weighted by atomic mass is 10.1. The first-order chi connectivity index (χ1) is 12.8. The number of fused-ring (bicyclic) bond motifs is 1. The highest BCUT2D eigenvalue weighted by molar-refractivity contribution is 5.94. The van der Waals surface area contributed by atoms with E-state index in [0.717, 1.165) is 42.5 Å². The number of unbranched alkanes of at least 4 members (excludes halogenated alkanes) is 2. The Hall–Kier alpha value is -3.06. The Morgan fingerprint density at radius 3 is 2.62 bits per heavy atom. The van der Waals surface area contributed by atoms with Crippen molar-refractivity contribution in [2.24, 2.45) is 0 Å². The number of rotatable bonds is 8. The predicted molar refractivity (Wildman–Crippen MR) is 105 cm³/mol. The number of terminal acetylenes is 1. The molecule has 3 aromatic rings. The van der Waals surface area contributed by atoms with Crippen LogP contribution in [0.3, 0.4) is 0 Å². The van der Waals surface area contributed by atoms with E-state index in [2.05, 4.69) is 21.9 Å². The van der Waals surface area contributed by atoms with E-state index in [4.69, 9.17) is 11.4 Å². The number of aromatic nitrogens is 2. The lowest BCUT2D eigenvalue weighted by molar-refractivity contribution is 0.0953. The molecule has 0 fully saturated rings. The molecule has 2 aromatic carbocycles. The number of carbonyl (C=O) groups is 1. The number of benzene rings is 2. The molecular weight excluding hydrogens is 322 g/mol. The quantitative estimate of drug-likeness (QED) is 0.498. The Kier molecular flexibility index (Phi) is 6.05. The molecule has 0 saturated carbocycles. The minimum Gasteiger partial charge on any atom is -0.352 e. The second kappa shape index (κ2) is 8.87. The van der Waals surface area contributed by atoms with Crippen LogP contribution in [-0.2, 0) is 13.0 Å². The fraction of sp³-hybridized carbons (Fsp3) is 0.273. The van der Waals surface area contributed by atoms with Crippen LogP contribution >= 0.6 is 0 Å². The van der Waals surface area contributed by atoms with Gasteiger partial charge in [0.15, 0.2) is 0 Å². The molecule has 0 radical (unpaired) electrons. The lowest BCUT2D eigenvalue weighted by Crippen LogP contribution is -2.24. The smallest absolute Gasteiger partial charge is 0.251 e. The third-order valence-corrected chi connectivity index (χ3v) is 4.38. The molecule has 0 bridgehead atoms. The monoisotopic (exact) mass is 345 g/mol. The van der Waals surface area contributed by atoms with Crippen LogP contribution in [-0.4, -0.2) is 22.0 Å². The van der Waals surface area contributed by atoms with E-state index in [9.17, 15) is 4.79 Å². The molecule has 1 amide bonds. The number of aryl methyl sites for hydroxylation is 1. The second-order valence-corrected chi connectivity index (χ2v) is 6.24. The summed E-state index contributed by atoms with van der Waals surface area (Å²) in [5, 5.41) is 2.96. The van der Waals surface area contributed by atoms with Gasteiger partial charge in [-0.25, -0.2) is 4.98 Å². The highest BCUT2D eigenvalue weighted by atomic mass is 16.1. The van der Waals surface area contributed by atoms with Crippen LogP contribution in [0.25, 0.3) is 11.0 Å². The number of amides is 1. The van der Waals surface area contributed by atoms with Gasteiger partial charge in [-0.1, -0.05) is 42.7 Å². The summed E-state index contributed by atoms with van der Waals surface area (Å²) in [5.41, 5.74) is 2.79. The van der Waals surface area contributed by atoms with Gasteiger partial charge in [-0.3, -0.25) is 4.79 Å². The molecule has 26 heavy (non-hydrogen) atoms. The first-order valence-electron chi connectivity index (χ1n) is 9.00. The van der Waals surface area contributed by atoms with Gasteiger partial charge in [-0.05, 0) is 37.1 Å². The molecule has 0 unspecified atom stereocenters. The summed E-state index contributed by atoms with van der Waals surface area (Å²) < 4.78 is 2.12. The Balaban J connectivity index is 1.45. The molecule has 132 valence electrons. The van der Waals surface area contributed by atoms with Crippen molar-refractivity contribution in [2.45, 2.75) is 32.2 Å². The van der Waals surface area contributed by atoms with Gasteiger partial charge < -0.3 is 9.88 Å². The van der Waals surface area contributed by atoms with Gasteiger partial charge in [0.2, 0.25) is 0 Å². The number of para-hydroxylation sites is 2. The van der Waals surface area contributed by atoms with Crippen LogP contribution in [0.4, 0.5) is 0 Å². The molecule has 0 aliphatic carbocycles. The minimum absolute atomic E-state index is 0.0126. The third-order valence-electron chi connectivity index (χ3n) is 4.38. The number of hydrogen-bond donors (Lipinski definition) is 1. The number of imidazole rings is 1. The van der Waals surface area contributed by atoms with Crippen LogP contribution in [0.1, 0.15) is 35.4 Å². The Bertz CT molecular complexity index is 906. The second-order valence-electron chi connectivity index (χ2n) is 6.24. The molecule has 1 N–H and O–H groups in total. The predicted octanol–water partition coefficient (Wildman–Crippen LogP) is 3.81. The molecule has 0 spiro atoms. The van der Waals surface area contributed by atoms with E-state index >= 15 is 0 Å². The van der Waals surface area contributed by atoms with Crippen molar-refractivity contribution in [1.29, 1.82) is 0 Å². The molecular formula is C22H23N3O. The molecule has 0 aliphatic rings. The van der Waals surface area contributed by atoms with Crippen LogP contribution < -0.4 is 5.32 Å². The molecule has 1 aromatic heterocycles. The number of hydrogen-bond acceptors (Lipinski definition) is 2. The summed E-state index contributed by atoms with van der Waals surface area (Å²) in [4.78, 5) is 16.7. The van der Waals surface area contributed by atoms with E-state index in [1.165, 1.54) is 0 Å². The van der Waals surface area contributed by atoms with E-state index in [0.29, 0.717) is 18.7 Å². The van der Waals surface area contributed by atoms with Gasteiger partial charge >= 0.3 is 0 Å². The number of carbonyl (C=O) groups excluding carboxylic acids is 1. The zero-order valence-corrected chi connectivity index (χ0v) is 14.8. The first kappa shape index (κ1) is 17.8. The Labute approximate surface area is 154 Å². The number of nitrogens with one attached hydrogen (secondary N) is 1. The summed E-state index contributed by atoms with van der Waals surface area (Å²) >= 11 is 0. The van der Waals surface area contributed by atoms with Crippen molar-refractivity contribution in [3.8, 4) is 12.3 Å². The van der Waals surface area contributed by atoms with Gasteiger partial charge in [0, 0.05) is 18.5 Å². The fourth-order valence-corrected chi connectivity index (χ4v) is 3.06. The summed E-state index contributed by atoms with van der Waals surface area (Å²) in [7, 11) is 0. The van der Waals surface area contributed by atoms with Crippen LogP contribution in [0.2, 0.25) is 0 Å². The zero-order valence-electron chi connectivity index (χ0n) is 14.8. The normalized spacial score (nSPS) is 10.6. The summed E-state index contributed by atoms with van der Waals surface area (Å²) in [6.07, 6.45) is 9.41. The Morgan fingerprint density at radius 1 is 1.04 bits per heavy atom. The van der Waals surface area contributed by atoms with E-state index in [1.807, 2.05) is 48.5 Å². The SMILES string of the molecule is C#CCn1c(CCCCCNC(=O)c2ccccc2)nc2ccccc21. The summed E-state index contributed by atoms with van der Waals surface area (Å²) in [6.45, 7) is 1.23. The van der Waals surface area contributed by atoms with Crippen molar-refractivity contribution in [2.75, 3.05) is 6.54 Å². The average molecular weight is 345 g/mol. The minimum atomic E-state index is -0.0126. The summed E-state index contributed by atoms with van der Waals surface area (Å²) in [6, 6.07) is 17.4. The van der Waals surface area contributed by atoms with Crippen LogP contribution in [0.15, 0.2) is 54.6 Å². The highest BCUT2D eigenvalue weighted by Crippen LogP contribution is 2.17. The zero-order chi connectivity index (χ0) is 18.2. The van der Waals surface area contributed by atoms with Crippen molar-refractivity contribution in [1.82, 2.24) is 14.9 Å². The maximum Gasteiger partial charge on any atom is 0.251 e. The molecule has 4 nitrogen and oxygen atoms in total. The number of nitrogens with zero attached hydrogens (tertiary/aromatic N) is 2. The van der Waals surface area contributed by atoms with E-state index in [1.54, 1.807) is 0 Å². The fourth-order valence-electron chi connectivity index (χ4n) is 3.06. The van der Waals surface area contributed by atoms with E-state index in [-0.39, 0.29) is 5.91 Å². The standard InChI is InChI=1S/C22H23N3O/c1-2-17-25-20-14-9-8-13-19(20)24-21(25)15-7-4-10-16-23-22(26)18-11-5-3-6-12-18/h1,3,5-6,8-9,11-14H,4,7,10,15-17H2,(H,23,26). The molecule has 3 rings (SSSR count). The lowest BCUT2D eigenvalue weighted by Gasteiger charge is -2.07. The largest absolute Gasteiger partial charge is 0.352 e. The average Bonchev–Trinajstić information content (AvgIpc) is 3.03.